The molecule has 9 nitrogen and oxygen atoms in total. The molecule has 0 fully saturated rings. The summed E-state index contributed by atoms with van der Waals surface area (Å²) in [6, 6.07) is 16.8. The summed E-state index contributed by atoms with van der Waals surface area (Å²) in [6.45, 7) is 24.5. The zero-order valence-corrected chi connectivity index (χ0v) is 32.7. The number of amides is 1. The molecule has 4 rings (SSSR count). The lowest BCUT2D eigenvalue weighted by molar-refractivity contribution is 0.0997. The van der Waals surface area contributed by atoms with Crippen molar-refractivity contribution in [2.75, 3.05) is 5.73 Å². The molecule has 0 bridgehead atoms. The molecule has 4 aromatic heterocycles. The van der Waals surface area contributed by atoms with Crippen LogP contribution in [0.25, 0.3) is 0 Å². The van der Waals surface area contributed by atoms with Crippen LogP contribution in [-0.2, 0) is 21.7 Å². The van der Waals surface area contributed by atoms with E-state index in [1.165, 1.54) is 0 Å². The molecular weight excluding hydrogens is 645 g/mol. The van der Waals surface area contributed by atoms with Crippen molar-refractivity contribution in [3.63, 3.8) is 0 Å². The summed E-state index contributed by atoms with van der Waals surface area (Å²) >= 11 is 0. The molecule has 0 unspecified atom stereocenters. The zero-order chi connectivity index (χ0) is 40.1. The van der Waals surface area contributed by atoms with Crippen LogP contribution in [0.5, 0.6) is 0 Å². The Morgan fingerprint density at radius 3 is 1.54 bits per heavy atom. The van der Waals surface area contributed by atoms with E-state index in [1.54, 1.807) is 48.9 Å². The van der Waals surface area contributed by atoms with Crippen molar-refractivity contribution in [3.8, 4) is 36.8 Å². The third-order valence-corrected chi connectivity index (χ3v) is 7.16. The Balaban J connectivity index is 0.000000348. The van der Waals surface area contributed by atoms with Gasteiger partial charge in [-0.3, -0.25) is 19.7 Å². The number of anilines is 1. The number of nitrogens with two attached hydrogens (primary N) is 2. The number of nitrogens with zero attached hydrogens (tertiary/aromatic N) is 6. The molecule has 4 N–H and O–H groups in total. The van der Waals surface area contributed by atoms with E-state index in [2.05, 4.69) is 85.5 Å². The molecule has 0 spiro atoms. The quantitative estimate of drug-likeness (QED) is 0.189. The lowest BCUT2D eigenvalue weighted by Crippen LogP contribution is -2.22. The summed E-state index contributed by atoms with van der Waals surface area (Å²) < 4.78 is 0. The smallest absolute Gasteiger partial charge is 0.250 e. The first-order valence-electron chi connectivity index (χ1n) is 16.6. The van der Waals surface area contributed by atoms with E-state index in [9.17, 15) is 4.79 Å². The first-order chi connectivity index (χ1) is 23.9. The Morgan fingerprint density at radius 1 is 0.654 bits per heavy atom. The standard InChI is InChI=1S/C12H13N3.C11H13N.C10H14N2O.C10H12N2/c1-5-8-6-9(7-13)10(12(2,3)4)15-11(8)14;1-5-9-6-7-10(12-8-9)11(2,3)4;1-10(2,3)8-7(9(11)13)5-4-6-12-8;1-10(2,3)9-8(7-11)5-4-6-12-9/h1,6H,2-4H3,(H2,14,15);1,6-8H,2-4H3;4-6H,1-3H3,(H2,11,13);4-6H,1-3H3. The summed E-state index contributed by atoms with van der Waals surface area (Å²) in [4.78, 5) is 27.9. The number of carbonyl (C=O) groups is 1. The van der Waals surface area contributed by atoms with Gasteiger partial charge < -0.3 is 11.5 Å². The fourth-order valence-electron chi connectivity index (χ4n) is 4.52. The van der Waals surface area contributed by atoms with Crippen LogP contribution in [0.1, 0.15) is 138 Å². The highest BCUT2D eigenvalue weighted by atomic mass is 16.1. The molecule has 0 radical (unpaired) electrons. The van der Waals surface area contributed by atoms with Crippen LogP contribution >= 0.6 is 0 Å². The minimum atomic E-state index is -0.418. The van der Waals surface area contributed by atoms with E-state index in [4.69, 9.17) is 34.8 Å². The lowest BCUT2D eigenvalue weighted by Gasteiger charge is -2.19. The maximum Gasteiger partial charge on any atom is 0.250 e. The molecule has 9 heteroatoms. The number of hydrogen-bond acceptors (Lipinski definition) is 8. The molecule has 270 valence electrons. The molecule has 0 saturated carbocycles. The number of rotatable bonds is 1. The van der Waals surface area contributed by atoms with E-state index in [0.29, 0.717) is 33.8 Å². The largest absolute Gasteiger partial charge is 0.383 e. The minimum absolute atomic E-state index is 0.0493. The Hall–Kier alpha value is -6.03. The van der Waals surface area contributed by atoms with Crippen LogP contribution in [-0.4, -0.2) is 25.8 Å². The van der Waals surface area contributed by atoms with Crippen molar-refractivity contribution in [1.29, 1.82) is 10.5 Å². The highest BCUT2D eigenvalue weighted by Gasteiger charge is 2.23. The van der Waals surface area contributed by atoms with Crippen molar-refractivity contribution in [2.45, 2.75) is 105 Å². The number of aromatic nitrogens is 4. The minimum Gasteiger partial charge on any atom is -0.383 e. The Morgan fingerprint density at radius 2 is 1.17 bits per heavy atom. The van der Waals surface area contributed by atoms with Gasteiger partial charge in [0.05, 0.1) is 39.3 Å². The van der Waals surface area contributed by atoms with E-state index in [0.717, 1.165) is 22.6 Å². The first-order valence-corrected chi connectivity index (χ1v) is 16.6. The second-order valence-corrected chi connectivity index (χ2v) is 15.9. The second-order valence-electron chi connectivity index (χ2n) is 15.9. The van der Waals surface area contributed by atoms with Gasteiger partial charge in [-0.2, -0.15) is 10.5 Å². The number of pyridine rings is 4. The van der Waals surface area contributed by atoms with Gasteiger partial charge in [0.15, 0.2) is 0 Å². The summed E-state index contributed by atoms with van der Waals surface area (Å²) in [7, 11) is 0. The van der Waals surface area contributed by atoms with Gasteiger partial charge in [-0.25, -0.2) is 4.98 Å². The van der Waals surface area contributed by atoms with Gasteiger partial charge in [-0.05, 0) is 42.5 Å². The number of carbonyl (C=O) groups excluding carboxylic acids is 1. The van der Waals surface area contributed by atoms with Gasteiger partial charge in [-0.1, -0.05) is 94.9 Å². The average molecular weight is 697 g/mol. The summed E-state index contributed by atoms with van der Waals surface area (Å²) in [5, 5.41) is 17.8. The number of terminal acetylenes is 2. The molecule has 0 saturated heterocycles. The maximum atomic E-state index is 11.1. The Kier molecular flexibility index (Phi) is 15.5. The molecule has 1 amide bonds. The number of hydrogen-bond donors (Lipinski definition) is 2. The van der Waals surface area contributed by atoms with Crippen molar-refractivity contribution in [2.24, 2.45) is 5.73 Å². The fraction of sp³-hybridized carbons (Fsp3) is 0.372. The molecule has 0 aliphatic rings. The van der Waals surface area contributed by atoms with Crippen LogP contribution in [0, 0.1) is 47.3 Å². The van der Waals surface area contributed by atoms with E-state index < -0.39 is 5.91 Å². The van der Waals surface area contributed by atoms with Gasteiger partial charge in [0.2, 0.25) is 0 Å². The molecule has 4 aromatic rings. The SMILES string of the molecule is C#Cc1cc(C#N)c(C(C)(C)C)nc1N.C#Cc1ccc(C(C)(C)C)nc1.CC(C)(C)c1ncccc1C#N.CC(C)(C)c1ncccc1C(N)=O. The molecule has 0 aliphatic carbocycles. The predicted octanol–water partition coefficient (Wildman–Crippen LogP) is 7.90. The van der Waals surface area contributed by atoms with Crippen molar-refractivity contribution in [3.05, 3.63) is 112 Å². The van der Waals surface area contributed by atoms with Gasteiger partial charge in [0.25, 0.3) is 5.91 Å². The monoisotopic (exact) mass is 696 g/mol. The Bertz CT molecular complexity index is 1990. The Labute approximate surface area is 311 Å². The molecular formula is C43H52N8O. The van der Waals surface area contributed by atoms with Crippen molar-refractivity contribution >= 4 is 11.7 Å². The summed E-state index contributed by atoms with van der Waals surface area (Å²) in [6.07, 6.45) is 15.6. The van der Waals surface area contributed by atoms with Gasteiger partial charge in [-0.15, -0.1) is 12.8 Å². The fourth-order valence-corrected chi connectivity index (χ4v) is 4.52. The molecule has 4 heterocycles. The van der Waals surface area contributed by atoms with Crippen LogP contribution in [0.2, 0.25) is 0 Å². The van der Waals surface area contributed by atoms with Crippen LogP contribution in [0.3, 0.4) is 0 Å². The zero-order valence-electron chi connectivity index (χ0n) is 32.7. The van der Waals surface area contributed by atoms with Crippen LogP contribution in [0.15, 0.2) is 61.1 Å². The first kappa shape index (κ1) is 44.0. The van der Waals surface area contributed by atoms with Gasteiger partial charge in [0, 0.05) is 51.5 Å². The van der Waals surface area contributed by atoms with Gasteiger partial charge >= 0.3 is 0 Å². The molecule has 0 aliphatic heterocycles. The number of primary amides is 1. The third kappa shape index (κ3) is 13.4. The average Bonchev–Trinajstić information content (AvgIpc) is 3.07. The van der Waals surface area contributed by atoms with Gasteiger partial charge in [0.1, 0.15) is 18.0 Å². The maximum absolute atomic E-state index is 11.1. The topological polar surface area (TPSA) is 168 Å². The molecule has 52 heavy (non-hydrogen) atoms. The van der Waals surface area contributed by atoms with E-state index >= 15 is 0 Å². The third-order valence-electron chi connectivity index (χ3n) is 7.16. The van der Waals surface area contributed by atoms with E-state index in [1.807, 2.05) is 53.7 Å². The summed E-state index contributed by atoms with van der Waals surface area (Å²) in [5.74, 6) is 4.84. The normalized spacial score (nSPS) is 10.8. The molecule has 0 atom stereocenters. The highest BCUT2D eigenvalue weighted by molar-refractivity contribution is 5.94. The van der Waals surface area contributed by atoms with E-state index in [-0.39, 0.29) is 21.7 Å². The van der Waals surface area contributed by atoms with Crippen molar-refractivity contribution < 1.29 is 4.79 Å². The summed E-state index contributed by atoms with van der Waals surface area (Å²) in [5.41, 5.74) is 17.0. The predicted molar refractivity (Wildman–Crippen MR) is 210 cm³/mol. The number of nitriles is 2. The van der Waals surface area contributed by atoms with Crippen LogP contribution < -0.4 is 11.5 Å². The number of nitrogen functional groups attached to an aromatic ring is 1. The lowest BCUT2D eigenvalue weighted by atomic mass is 9.88. The molecule has 0 aromatic carbocycles. The highest BCUT2D eigenvalue weighted by Crippen LogP contribution is 2.26. The van der Waals surface area contributed by atoms with Crippen molar-refractivity contribution in [1.82, 2.24) is 19.9 Å². The van der Waals surface area contributed by atoms with Crippen LogP contribution in [0.4, 0.5) is 5.82 Å². The second kappa shape index (κ2) is 18.3.